The fourth-order valence-corrected chi connectivity index (χ4v) is 5.04. The summed E-state index contributed by atoms with van der Waals surface area (Å²) in [5.41, 5.74) is 0.478. The van der Waals surface area contributed by atoms with Crippen molar-refractivity contribution in [2.24, 2.45) is 10.2 Å². The molecule has 0 radical (unpaired) electrons. The number of aromatic hydroxyl groups is 1. The van der Waals surface area contributed by atoms with Crippen molar-refractivity contribution >= 4 is 32.2 Å². The van der Waals surface area contributed by atoms with Gasteiger partial charge in [-0.1, -0.05) is 38.1 Å². The van der Waals surface area contributed by atoms with Gasteiger partial charge in [-0.2, -0.15) is 4.31 Å². The van der Waals surface area contributed by atoms with Crippen LogP contribution in [-0.2, 0) is 16.6 Å². The molecule has 160 valence electrons. The normalized spacial score (nSPS) is 12.4. The van der Waals surface area contributed by atoms with E-state index in [0.29, 0.717) is 36.1 Å². The SMILES string of the molecule is CCN(CC)S(=O)(=O)c1cc(O)c(N=Nc2c(C)[nH]n(CC)c2=O)c2ccccc12. The first-order valence-corrected chi connectivity index (χ1v) is 11.2. The second-order valence-electron chi connectivity index (χ2n) is 6.71. The van der Waals surface area contributed by atoms with E-state index in [1.165, 1.54) is 15.1 Å². The van der Waals surface area contributed by atoms with Crippen LogP contribution in [0.4, 0.5) is 11.4 Å². The minimum absolute atomic E-state index is 0.00409. The van der Waals surface area contributed by atoms with Gasteiger partial charge in [0.2, 0.25) is 10.0 Å². The zero-order chi connectivity index (χ0) is 22.1. The number of nitrogens with one attached hydrogen (secondary N) is 1. The number of rotatable bonds is 7. The van der Waals surface area contributed by atoms with Gasteiger partial charge in [0.05, 0.1) is 10.6 Å². The highest BCUT2D eigenvalue weighted by atomic mass is 32.2. The average molecular weight is 432 g/mol. The lowest BCUT2D eigenvalue weighted by molar-refractivity contribution is 0.443. The molecule has 0 spiro atoms. The van der Waals surface area contributed by atoms with E-state index < -0.39 is 10.0 Å². The topological polar surface area (TPSA) is 120 Å². The first kappa shape index (κ1) is 21.7. The molecule has 0 aliphatic heterocycles. The van der Waals surface area contributed by atoms with Gasteiger partial charge in [-0.15, -0.1) is 10.2 Å². The van der Waals surface area contributed by atoms with Crippen LogP contribution >= 0.6 is 0 Å². The van der Waals surface area contributed by atoms with Crippen LogP contribution in [0.25, 0.3) is 10.8 Å². The molecule has 1 aromatic heterocycles. The summed E-state index contributed by atoms with van der Waals surface area (Å²) < 4.78 is 28.9. The molecule has 0 unspecified atom stereocenters. The third-order valence-corrected chi connectivity index (χ3v) is 7.04. The molecule has 0 saturated heterocycles. The van der Waals surface area contributed by atoms with E-state index in [0.717, 1.165) is 0 Å². The molecule has 0 atom stereocenters. The Hall–Kier alpha value is -2.98. The Morgan fingerprint density at radius 1 is 1.07 bits per heavy atom. The van der Waals surface area contributed by atoms with Crippen LogP contribution in [0.2, 0.25) is 0 Å². The van der Waals surface area contributed by atoms with Gasteiger partial charge in [-0.3, -0.25) is 14.6 Å². The maximum Gasteiger partial charge on any atom is 0.294 e. The summed E-state index contributed by atoms with van der Waals surface area (Å²) in [6.07, 6.45) is 0. The summed E-state index contributed by atoms with van der Waals surface area (Å²) in [5.74, 6) is -0.327. The fourth-order valence-electron chi connectivity index (χ4n) is 3.37. The first-order valence-electron chi connectivity index (χ1n) is 9.72. The number of benzene rings is 2. The summed E-state index contributed by atoms with van der Waals surface area (Å²) in [4.78, 5) is 12.4. The molecule has 0 amide bonds. The second-order valence-corrected chi connectivity index (χ2v) is 8.62. The molecule has 2 N–H and O–H groups in total. The molecule has 1 heterocycles. The molecule has 0 fully saturated rings. The summed E-state index contributed by atoms with van der Waals surface area (Å²) in [7, 11) is -3.80. The zero-order valence-corrected chi connectivity index (χ0v) is 18.2. The van der Waals surface area contributed by atoms with Gasteiger partial charge >= 0.3 is 0 Å². The summed E-state index contributed by atoms with van der Waals surface area (Å²) in [6, 6.07) is 7.96. The van der Waals surface area contributed by atoms with E-state index in [1.807, 2.05) is 6.92 Å². The highest BCUT2D eigenvalue weighted by molar-refractivity contribution is 7.89. The Kier molecular flexibility index (Phi) is 6.09. The number of sulfonamides is 1. The van der Waals surface area contributed by atoms with Gasteiger partial charge in [0, 0.05) is 36.5 Å². The predicted molar refractivity (Wildman–Crippen MR) is 115 cm³/mol. The van der Waals surface area contributed by atoms with Crippen molar-refractivity contribution in [2.75, 3.05) is 13.1 Å². The largest absolute Gasteiger partial charge is 0.506 e. The van der Waals surface area contributed by atoms with E-state index in [1.54, 1.807) is 45.0 Å². The van der Waals surface area contributed by atoms with Crippen LogP contribution in [-0.4, -0.2) is 40.7 Å². The number of nitrogens with zero attached hydrogens (tertiary/aromatic N) is 4. The number of fused-ring (bicyclic) bond motifs is 1. The van der Waals surface area contributed by atoms with E-state index >= 15 is 0 Å². The number of aromatic nitrogens is 2. The number of phenolic OH excluding ortho intramolecular Hbond substituents is 1. The maximum atomic E-state index is 13.1. The van der Waals surface area contributed by atoms with Crippen molar-refractivity contribution in [2.45, 2.75) is 39.1 Å². The van der Waals surface area contributed by atoms with Crippen molar-refractivity contribution in [3.63, 3.8) is 0 Å². The summed E-state index contributed by atoms with van der Waals surface area (Å²) >= 11 is 0. The molecule has 0 aliphatic carbocycles. The molecule has 0 aliphatic rings. The first-order chi connectivity index (χ1) is 14.3. The van der Waals surface area contributed by atoms with Gasteiger partial charge in [0.1, 0.15) is 11.4 Å². The van der Waals surface area contributed by atoms with Crippen LogP contribution in [0.5, 0.6) is 5.75 Å². The van der Waals surface area contributed by atoms with Crippen molar-refractivity contribution in [3.05, 3.63) is 46.4 Å². The number of H-pyrrole nitrogens is 1. The highest BCUT2D eigenvalue weighted by Gasteiger charge is 2.26. The lowest BCUT2D eigenvalue weighted by Crippen LogP contribution is -2.30. The maximum absolute atomic E-state index is 13.1. The minimum Gasteiger partial charge on any atom is -0.506 e. The van der Waals surface area contributed by atoms with Gasteiger partial charge in [-0.05, 0) is 13.8 Å². The Bertz CT molecular complexity index is 1270. The molecule has 3 aromatic rings. The Morgan fingerprint density at radius 3 is 2.23 bits per heavy atom. The molecule has 0 bridgehead atoms. The number of phenols is 1. The quantitative estimate of drug-likeness (QED) is 0.553. The highest BCUT2D eigenvalue weighted by Crippen LogP contribution is 2.40. The lowest BCUT2D eigenvalue weighted by atomic mass is 10.1. The zero-order valence-electron chi connectivity index (χ0n) is 17.4. The van der Waals surface area contributed by atoms with Crippen LogP contribution in [0.3, 0.4) is 0 Å². The molecule has 0 saturated carbocycles. The molecule has 9 nitrogen and oxygen atoms in total. The average Bonchev–Trinajstić information content (AvgIpc) is 3.00. The van der Waals surface area contributed by atoms with Gasteiger partial charge in [0.25, 0.3) is 5.56 Å². The van der Waals surface area contributed by atoms with E-state index in [-0.39, 0.29) is 27.6 Å². The molecular weight excluding hydrogens is 406 g/mol. The van der Waals surface area contributed by atoms with Crippen molar-refractivity contribution in [3.8, 4) is 5.75 Å². The van der Waals surface area contributed by atoms with Crippen molar-refractivity contribution in [1.29, 1.82) is 0 Å². The smallest absolute Gasteiger partial charge is 0.294 e. The third-order valence-electron chi connectivity index (χ3n) is 4.95. The second kappa shape index (κ2) is 8.41. The summed E-state index contributed by atoms with van der Waals surface area (Å²) in [5, 5.41) is 22.5. The Labute approximate surface area is 174 Å². The van der Waals surface area contributed by atoms with Gasteiger partial charge < -0.3 is 5.11 Å². The van der Waals surface area contributed by atoms with E-state index in [4.69, 9.17) is 0 Å². The molecule has 3 rings (SSSR count). The molecule has 10 heteroatoms. The van der Waals surface area contributed by atoms with Crippen LogP contribution in [0, 0.1) is 6.92 Å². The molecule has 30 heavy (non-hydrogen) atoms. The number of aromatic amines is 1. The lowest BCUT2D eigenvalue weighted by Gasteiger charge is -2.20. The predicted octanol–water partition coefficient (Wildman–Crippen LogP) is 3.81. The molecular formula is C20H25N5O4S. The van der Waals surface area contributed by atoms with Crippen LogP contribution in [0.1, 0.15) is 26.5 Å². The van der Waals surface area contributed by atoms with Gasteiger partial charge in [-0.25, -0.2) is 8.42 Å². The monoisotopic (exact) mass is 431 g/mol. The fraction of sp³-hybridized carbons (Fsp3) is 0.350. The number of hydrogen-bond acceptors (Lipinski definition) is 6. The van der Waals surface area contributed by atoms with Gasteiger partial charge in [0.15, 0.2) is 5.69 Å². The van der Waals surface area contributed by atoms with Crippen molar-refractivity contribution in [1.82, 2.24) is 14.1 Å². The van der Waals surface area contributed by atoms with Crippen LogP contribution < -0.4 is 5.56 Å². The Balaban J connectivity index is 2.21. The van der Waals surface area contributed by atoms with Crippen LogP contribution in [0.15, 0.2) is 50.3 Å². The van der Waals surface area contributed by atoms with E-state index in [2.05, 4.69) is 15.3 Å². The standard InChI is InChI=1S/C20H25N5O4S/c1-5-24(6-2)30(28,29)17-12-16(26)19(15-11-9-8-10-14(15)17)22-21-18-13(4)23-25(7-3)20(18)27/h8-12,23,26H,5-7H2,1-4H3. The minimum atomic E-state index is -3.80. The van der Waals surface area contributed by atoms with E-state index in [9.17, 15) is 18.3 Å². The number of aryl methyl sites for hydroxylation is 2. The summed E-state index contributed by atoms with van der Waals surface area (Å²) in [6.45, 7) is 8.13. The van der Waals surface area contributed by atoms with Crippen molar-refractivity contribution < 1.29 is 13.5 Å². The number of hydrogen-bond donors (Lipinski definition) is 2. The Morgan fingerprint density at radius 2 is 1.67 bits per heavy atom. The number of azo groups is 1. The molecule has 2 aromatic carbocycles. The third kappa shape index (κ3) is 3.63.